The number of carbonyl (C=O) groups is 1. The fourth-order valence-corrected chi connectivity index (χ4v) is 2.63. The summed E-state index contributed by atoms with van der Waals surface area (Å²) in [5, 5.41) is 6.07. The topological polar surface area (TPSA) is 78.8 Å². The van der Waals surface area contributed by atoms with Gasteiger partial charge < -0.3 is 20.3 Å². The number of ether oxygens (including phenoxy) is 1. The molecule has 0 aliphatic rings. The van der Waals surface area contributed by atoms with Crippen LogP contribution in [0.1, 0.15) is 24.6 Å². The van der Waals surface area contributed by atoms with Crippen molar-refractivity contribution < 1.29 is 9.53 Å². The SMILES string of the molecule is CCNC(=NCCC(=O)Nc1cccc(C)n1)N(C)Cc1ccc(OC)cc1.I. The highest BCUT2D eigenvalue weighted by molar-refractivity contribution is 14.0. The van der Waals surface area contributed by atoms with Crippen LogP contribution >= 0.6 is 24.0 Å². The van der Waals surface area contributed by atoms with Gasteiger partial charge in [-0.2, -0.15) is 0 Å². The first-order chi connectivity index (χ1) is 13.5. The highest BCUT2D eigenvalue weighted by atomic mass is 127. The van der Waals surface area contributed by atoms with Gasteiger partial charge in [0, 0.05) is 32.3 Å². The highest BCUT2D eigenvalue weighted by Crippen LogP contribution is 2.12. The second-order valence-corrected chi connectivity index (χ2v) is 6.40. The van der Waals surface area contributed by atoms with E-state index in [4.69, 9.17) is 4.74 Å². The number of methoxy groups -OCH3 is 1. The molecule has 0 aliphatic heterocycles. The summed E-state index contributed by atoms with van der Waals surface area (Å²) in [6.07, 6.45) is 0.293. The minimum atomic E-state index is -0.101. The summed E-state index contributed by atoms with van der Waals surface area (Å²) >= 11 is 0. The predicted octanol–water partition coefficient (Wildman–Crippen LogP) is 3.44. The average molecular weight is 511 g/mol. The molecule has 1 aromatic carbocycles. The van der Waals surface area contributed by atoms with E-state index in [1.807, 2.05) is 62.2 Å². The van der Waals surface area contributed by atoms with Crippen LogP contribution in [0.5, 0.6) is 5.75 Å². The number of rotatable bonds is 8. The van der Waals surface area contributed by atoms with Crippen molar-refractivity contribution in [1.82, 2.24) is 15.2 Å². The van der Waals surface area contributed by atoms with Crippen LogP contribution in [0.4, 0.5) is 5.82 Å². The van der Waals surface area contributed by atoms with Gasteiger partial charge in [0.05, 0.1) is 13.7 Å². The molecule has 0 saturated heterocycles. The fourth-order valence-electron chi connectivity index (χ4n) is 2.63. The van der Waals surface area contributed by atoms with Gasteiger partial charge in [-0.25, -0.2) is 4.98 Å². The number of anilines is 1. The zero-order valence-electron chi connectivity index (χ0n) is 17.4. The third kappa shape index (κ3) is 8.68. The lowest BCUT2D eigenvalue weighted by atomic mass is 10.2. The van der Waals surface area contributed by atoms with E-state index in [1.54, 1.807) is 13.2 Å². The number of pyridine rings is 1. The lowest BCUT2D eigenvalue weighted by Gasteiger charge is -2.22. The molecule has 1 heterocycles. The normalized spacial score (nSPS) is 10.7. The number of aryl methyl sites for hydroxylation is 1. The van der Waals surface area contributed by atoms with Gasteiger partial charge in [0.15, 0.2) is 5.96 Å². The van der Waals surface area contributed by atoms with E-state index in [2.05, 4.69) is 20.6 Å². The van der Waals surface area contributed by atoms with Crippen LogP contribution < -0.4 is 15.4 Å². The smallest absolute Gasteiger partial charge is 0.227 e. The van der Waals surface area contributed by atoms with E-state index in [-0.39, 0.29) is 29.9 Å². The van der Waals surface area contributed by atoms with E-state index in [0.717, 1.165) is 29.5 Å². The molecule has 7 nitrogen and oxygen atoms in total. The van der Waals surface area contributed by atoms with Crippen molar-refractivity contribution in [2.24, 2.45) is 4.99 Å². The average Bonchev–Trinajstić information content (AvgIpc) is 2.68. The van der Waals surface area contributed by atoms with Crippen LogP contribution in [0, 0.1) is 6.92 Å². The lowest BCUT2D eigenvalue weighted by Crippen LogP contribution is -2.38. The number of nitrogens with zero attached hydrogens (tertiary/aromatic N) is 3. The Hall–Kier alpha value is -2.36. The molecule has 0 saturated carbocycles. The molecule has 0 bridgehead atoms. The Bertz CT molecular complexity index is 796. The molecule has 0 spiro atoms. The number of aliphatic imine (C=N–C) groups is 1. The molecule has 158 valence electrons. The van der Waals surface area contributed by atoms with E-state index in [0.29, 0.717) is 25.3 Å². The highest BCUT2D eigenvalue weighted by Gasteiger charge is 2.08. The van der Waals surface area contributed by atoms with Crippen LogP contribution in [-0.2, 0) is 11.3 Å². The Morgan fingerprint density at radius 2 is 1.93 bits per heavy atom. The second-order valence-electron chi connectivity index (χ2n) is 6.40. The van der Waals surface area contributed by atoms with Gasteiger partial charge in [-0.05, 0) is 43.7 Å². The minimum Gasteiger partial charge on any atom is -0.497 e. The molecule has 0 unspecified atom stereocenters. The molecule has 8 heteroatoms. The number of benzene rings is 1. The van der Waals surface area contributed by atoms with Crippen LogP contribution in [0.25, 0.3) is 0 Å². The molecule has 2 aromatic rings. The van der Waals surface area contributed by atoms with Crippen molar-refractivity contribution in [2.75, 3.05) is 32.6 Å². The molecule has 2 rings (SSSR count). The van der Waals surface area contributed by atoms with Gasteiger partial charge in [-0.3, -0.25) is 9.79 Å². The van der Waals surface area contributed by atoms with E-state index < -0.39 is 0 Å². The summed E-state index contributed by atoms with van der Waals surface area (Å²) in [4.78, 5) is 23.0. The predicted molar refractivity (Wildman–Crippen MR) is 128 cm³/mol. The molecule has 0 aliphatic carbocycles. The summed E-state index contributed by atoms with van der Waals surface area (Å²) in [5.41, 5.74) is 2.02. The number of amides is 1. The molecule has 0 radical (unpaired) electrons. The number of guanidine groups is 1. The van der Waals surface area contributed by atoms with Crippen molar-refractivity contribution in [3.8, 4) is 5.75 Å². The number of hydrogen-bond acceptors (Lipinski definition) is 4. The van der Waals surface area contributed by atoms with Crippen LogP contribution in [-0.4, -0.2) is 49.0 Å². The van der Waals surface area contributed by atoms with Gasteiger partial charge in [-0.1, -0.05) is 18.2 Å². The fraction of sp³-hybridized carbons (Fsp3) is 0.381. The summed E-state index contributed by atoms with van der Waals surface area (Å²) in [5.74, 6) is 2.06. The van der Waals surface area contributed by atoms with Crippen molar-refractivity contribution in [1.29, 1.82) is 0 Å². The molecule has 2 N–H and O–H groups in total. The standard InChI is InChI=1S/C21H29N5O2.HI/c1-5-22-21(26(3)15-17-9-11-18(28-4)12-10-17)23-14-13-20(27)25-19-8-6-7-16(2)24-19;/h6-12H,5,13-15H2,1-4H3,(H,22,23)(H,24,25,27);1H. The summed E-state index contributed by atoms with van der Waals surface area (Å²) < 4.78 is 5.19. The summed E-state index contributed by atoms with van der Waals surface area (Å²) in [6.45, 7) is 5.77. The number of aromatic nitrogens is 1. The minimum absolute atomic E-state index is 0. The Morgan fingerprint density at radius 1 is 1.21 bits per heavy atom. The Labute approximate surface area is 190 Å². The van der Waals surface area contributed by atoms with Gasteiger partial charge in [0.2, 0.25) is 5.91 Å². The molecular weight excluding hydrogens is 481 g/mol. The first-order valence-corrected chi connectivity index (χ1v) is 9.37. The summed E-state index contributed by atoms with van der Waals surface area (Å²) in [6, 6.07) is 13.5. The van der Waals surface area contributed by atoms with Crippen molar-refractivity contribution in [3.63, 3.8) is 0 Å². The van der Waals surface area contributed by atoms with Crippen molar-refractivity contribution in [2.45, 2.75) is 26.8 Å². The molecule has 29 heavy (non-hydrogen) atoms. The molecule has 1 amide bonds. The zero-order valence-corrected chi connectivity index (χ0v) is 19.8. The number of carbonyl (C=O) groups excluding carboxylic acids is 1. The molecular formula is C21H30IN5O2. The van der Waals surface area contributed by atoms with E-state index in [1.165, 1.54) is 0 Å². The zero-order chi connectivity index (χ0) is 20.4. The molecule has 0 fully saturated rings. The van der Waals surface area contributed by atoms with Crippen LogP contribution in [0.2, 0.25) is 0 Å². The quantitative estimate of drug-likeness (QED) is 0.323. The summed E-state index contributed by atoms with van der Waals surface area (Å²) in [7, 11) is 3.63. The van der Waals surface area contributed by atoms with E-state index >= 15 is 0 Å². The van der Waals surface area contributed by atoms with E-state index in [9.17, 15) is 4.79 Å². The number of hydrogen-bond donors (Lipinski definition) is 2. The van der Waals surface area contributed by atoms with Gasteiger partial charge >= 0.3 is 0 Å². The monoisotopic (exact) mass is 511 g/mol. The third-order valence-electron chi connectivity index (χ3n) is 4.03. The Morgan fingerprint density at radius 3 is 2.55 bits per heavy atom. The van der Waals surface area contributed by atoms with Crippen molar-refractivity contribution in [3.05, 3.63) is 53.7 Å². The van der Waals surface area contributed by atoms with Crippen molar-refractivity contribution >= 4 is 41.7 Å². The second kappa shape index (κ2) is 13.0. The third-order valence-corrected chi connectivity index (χ3v) is 4.03. The maximum Gasteiger partial charge on any atom is 0.227 e. The van der Waals surface area contributed by atoms with Gasteiger partial charge in [-0.15, -0.1) is 24.0 Å². The first kappa shape index (κ1) is 24.7. The van der Waals surface area contributed by atoms with Crippen LogP contribution in [0.3, 0.4) is 0 Å². The van der Waals surface area contributed by atoms with Gasteiger partial charge in [0.25, 0.3) is 0 Å². The number of nitrogens with one attached hydrogen (secondary N) is 2. The largest absolute Gasteiger partial charge is 0.497 e. The van der Waals surface area contributed by atoms with Gasteiger partial charge in [0.1, 0.15) is 11.6 Å². The Balaban J connectivity index is 0.00000420. The van der Waals surface area contributed by atoms with Crippen LogP contribution in [0.15, 0.2) is 47.5 Å². The maximum absolute atomic E-state index is 12.1. The first-order valence-electron chi connectivity index (χ1n) is 9.37. The molecule has 0 atom stereocenters. The molecule has 1 aromatic heterocycles. The maximum atomic E-state index is 12.1. The Kier molecular flexibility index (Phi) is 11.0. The number of halogens is 1. The lowest BCUT2D eigenvalue weighted by molar-refractivity contribution is -0.116.